The van der Waals surface area contributed by atoms with Crippen LogP contribution in [0.15, 0.2) is 40.3 Å². The number of sulfonamides is 1. The molecule has 0 unspecified atom stereocenters. The maximum absolute atomic E-state index is 12.2. The van der Waals surface area contributed by atoms with Gasteiger partial charge in [-0.25, -0.2) is 4.79 Å². The Morgan fingerprint density at radius 2 is 1.96 bits per heavy atom. The van der Waals surface area contributed by atoms with E-state index in [1.807, 2.05) is 6.92 Å². The van der Waals surface area contributed by atoms with Crippen LogP contribution in [0.5, 0.6) is 0 Å². The Kier molecular flexibility index (Phi) is 5.58. The standard InChI is InChI=1S/C16H20N4O4S/c1-5-24-16(21)15-10-14(18-20(15)4)12(3)17-19-25(22,23)13-8-6-11(2)7-9-13/h6-10,19H,5H2,1-4H3. The second-order valence-electron chi connectivity index (χ2n) is 5.36. The van der Waals surface area contributed by atoms with E-state index in [9.17, 15) is 13.2 Å². The monoisotopic (exact) mass is 364 g/mol. The molecule has 0 amide bonds. The lowest BCUT2D eigenvalue weighted by atomic mass is 10.2. The van der Waals surface area contributed by atoms with E-state index < -0.39 is 16.0 Å². The molecule has 0 radical (unpaired) electrons. The van der Waals surface area contributed by atoms with Crippen LogP contribution in [0.4, 0.5) is 0 Å². The number of carbonyl (C=O) groups is 1. The number of benzene rings is 1. The zero-order valence-electron chi connectivity index (χ0n) is 14.5. The van der Waals surface area contributed by atoms with Crippen molar-refractivity contribution in [2.45, 2.75) is 25.7 Å². The first-order valence-electron chi connectivity index (χ1n) is 7.59. The molecule has 0 bridgehead atoms. The summed E-state index contributed by atoms with van der Waals surface area (Å²) >= 11 is 0. The molecule has 1 N–H and O–H groups in total. The van der Waals surface area contributed by atoms with Gasteiger partial charge >= 0.3 is 5.97 Å². The summed E-state index contributed by atoms with van der Waals surface area (Å²) < 4.78 is 30.7. The Labute approximate surface area is 146 Å². The first-order valence-corrected chi connectivity index (χ1v) is 9.07. The molecule has 0 atom stereocenters. The van der Waals surface area contributed by atoms with Gasteiger partial charge in [-0.2, -0.15) is 23.4 Å². The van der Waals surface area contributed by atoms with Crippen LogP contribution in [0.25, 0.3) is 0 Å². The molecule has 0 saturated carbocycles. The van der Waals surface area contributed by atoms with Crippen molar-refractivity contribution in [3.8, 4) is 0 Å². The van der Waals surface area contributed by atoms with Crippen molar-refractivity contribution in [3.05, 3.63) is 47.3 Å². The Morgan fingerprint density at radius 3 is 2.56 bits per heavy atom. The zero-order chi connectivity index (χ0) is 18.6. The van der Waals surface area contributed by atoms with Gasteiger partial charge in [0.15, 0.2) is 0 Å². The lowest BCUT2D eigenvalue weighted by molar-refractivity contribution is 0.0513. The number of hydrazone groups is 1. The number of carbonyl (C=O) groups excluding carboxylic acids is 1. The van der Waals surface area contributed by atoms with Gasteiger partial charge in [-0.1, -0.05) is 17.7 Å². The molecule has 0 saturated heterocycles. The van der Waals surface area contributed by atoms with Crippen molar-refractivity contribution in [2.75, 3.05) is 6.61 Å². The smallest absolute Gasteiger partial charge is 0.356 e. The molecule has 0 aliphatic heterocycles. The third-order valence-corrected chi connectivity index (χ3v) is 4.62. The average Bonchev–Trinajstić information content (AvgIpc) is 2.95. The highest BCUT2D eigenvalue weighted by Gasteiger charge is 2.17. The molecule has 1 aromatic heterocycles. The number of nitrogens with one attached hydrogen (secondary N) is 1. The number of aryl methyl sites for hydroxylation is 2. The van der Waals surface area contributed by atoms with Crippen LogP contribution < -0.4 is 4.83 Å². The maximum Gasteiger partial charge on any atom is 0.356 e. The molecule has 0 spiro atoms. The molecular weight excluding hydrogens is 344 g/mol. The number of rotatable bonds is 6. The summed E-state index contributed by atoms with van der Waals surface area (Å²) in [6, 6.07) is 7.91. The van der Waals surface area contributed by atoms with Crippen LogP contribution in [0.1, 0.15) is 35.6 Å². The first-order chi connectivity index (χ1) is 11.7. The fraction of sp³-hybridized carbons (Fsp3) is 0.312. The van der Waals surface area contributed by atoms with Crippen molar-refractivity contribution in [2.24, 2.45) is 12.1 Å². The van der Waals surface area contributed by atoms with Crippen LogP contribution in [0, 0.1) is 6.92 Å². The maximum atomic E-state index is 12.2. The highest BCUT2D eigenvalue weighted by atomic mass is 32.2. The normalized spacial score (nSPS) is 12.1. The number of hydrogen-bond acceptors (Lipinski definition) is 6. The lowest BCUT2D eigenvalue weighted by Crippen LogP contribution is -2.20. The average molecular weight is 364 g/mol. The Bertz CT molecular complexity index is 899. The Hall–Kier alpha value is -2.68. The Morgan fingerprint density at radius 1 is 1.32 bits per heavy atom. The van der Waals surface area contributed by atoms with Gasteiger partial charge in [-0.05, 0) is 32.9 Å². The number of hydrogen-bond donors (Lipinski definition) is 1. The van der Waals surface area contributed by atoms with E-state index in [4.69, 9.17) is 4.74 Å². The molecular formula is C16H20N4O4S. The van der Waals surface area contributed by atoms with Crippen LogP contribution in [-0.4, -0.2) is 36.5 Å². The van der Waals surface area contributed by atoms with Crippen molar-refractivity contribution in [1.82, 2.24) is 14.6 Å². The summed E-state index contributed by atoms with van der Waals surface area (Å²) in [6.07, 6.45) is 0. The molecule has 0 fully saturated rings. The van der Waals surface area contributed by atoms with Crippen molar-refractivity contribution < 1.29 is 17.9 Å². The van der Waals surface area contributed by atoms with Gasteiger partial charge in [-0.15, -0.1) is 0 Å². The number of aromatic nitrogens is 2. The van der Waals surface area contributed by atoms with E-state index in [1.54, 1.807) is 33.0 Å². The molecule has 8 nitrogen and oxygen atoms in total. The summed E-state index contributed by atoms with van der Waals surface area (Å²) in [5, 5.41) is 8.02. The van der Waals surface area contributed by atoms with Gasteiger partial charge in [0.05, 0.1) is 17.2 Å². The predicted molar refractivity (Wildman–Crippen MR) is 92.9 cm³/mol. The van der Waals surface area contributed by atoms with Crippen LogP contribution in [-0.2, 0) is 21.8 Å². The quantitative estimate of drug-likeness (QED) is 0.476. The largest absolute Gasteiger partial charge is 0.461 e. The van der Waals surface area contributed by atoms with Gasteiger partial charge in [0.1, 0.15) is 11.4 Å². The minimum absolute atomic E-state index is 0.114. The first kappa shape index (κ1) is 18.7. The lowest BCUT2D eigenvalue weighted by Gasteiger charge is -2.04. The molecule has 1 heterocycles. The van der Waals surface area contributed by atoms with E-state index in [0.29, 0.717) is 11.4 Å². The molecule has 0 aliphatic carbocycles. The van der Waals surface area contributed by atoms with Crippen LogP contribution in [0.2, 0.25) is 0 Å². The Balaban J connectivity index is 2.20. The second kappa shape index (κ2) is 7.47. The molecule has 2 rings (SSSR count). The number of nitrogens with zero attached hydrogens (tertiary/aromatic N) is 3. The summed E-state index contributed by atoms with van der Waals surface area (Å²) in [6.45, 7) is 5.42. The van der Waals surface area contributed by atoms with Crippen LogP contribution in [0.3, 0.4) is 0 Å². The molecule has 0 aliphatic rings. The second-order valence-corrected chi connectivity index (χ2v) is 7.02. The fourth-order valence-corrected chi connectivity index (χ4v) is 2.85. The summed E-state index contributed by atoms with van der Waals surface area (Å²) in [5.74, 6) is -0.503. The molecule has 2 aromatic rings. The van der Waals surface area contributed by atoms with Gasteiger partial charge in [0.25, 0.3) is 10.0 Å². The van der Waals surface area contributed by atoms with Crippen molar-refractivity contribution in [3.63, 3.8) is 0 Å². The van der Waals surface area contributed by atoms with Gasteiger partial charge < -0.3 is 4.74 Å². The molecule has 9 heteroatoms. The van der Waals surface area contributed by atoms with E-state index in [-0.39, 0.29) is 17.2 Å². The predicted octanol–water partition coefficient (Wildman–Crippen LogP) is 1.61. The molecule has 134 valence electrons. The molecule has 1 aromatic carbocycles. The van der Waals surface area contributed by atoms with Crippen LogP contribution >= 0.6 is 0 Å². The fourth-order valence-electron chi connectivity index (χ4n) is 2.00. The van der Waals surface area contributed by atoms with E-state index in [0.717, 1.165) is 5.56 Å². The SMILES string of the molecule is CCOC(=O)c1cc(C(C)=NNS(=O)(=O)c2ccc(C)cc2)nn1C. The van der Waals surface area contributed by atoms with Crippen molar-refractivity contribution in [1.29, 1.82) is 0 Å². The van der Waals surface area contributed by atoms with E-state index in [2.05, 4.69) is 15.0 Å². The van der Waals surface area contributed by atoms with E-state index >= 15 is 0 Å². The third-order valence-electron chi connectivity index (χ3n) is 3.40. The molecule has 25 heavy (non-hydrogen) atoms. The highest BCUT2D eigenvalue weighted by molar-refractivity contribution is 7.89. The summed E-state index contributed by atoms with van der Waals surface area (Å²) in [7, 11) is -2.18. The highest BCUT2D eigenvalue weighted by Crippen LogP contribution is 2.11. The number of esters is 1. The van der Waals surface area contributed by atoms with Crippen molar-refractivity contribution >= 4 is 21.7 Å². The third kappa shape index (κ3) is 4.44. The minimum Gasteiger partial charge on any atom is -0.461 e. The van der Waals surface area contributed by atoms with Gasteiger partial charge in [0.2, 0.25) is 0 Å². The topological polar surface area (TPSA) is 103 Å². The van der Waals surface area contributed by atoms with E-state index in [1.165, 1.54) is 22.9 Å². The summed E-state index contributed by atoms with van der Waals surface area (Å²) in [5.41, 5.74) is 1.91. The number of ether oxygens (including phenoxy) is 1. The minimum atomic E-state index is -3.77. The summed E-state index contributed by atoms with van der Waals surface area (Å²) in [4.78, 5) is 14.1. The van der Waals surface area contributed by atoms with Gasteiger partial charge in [-0.3, -0.25) is 4.68 Å². The van der Waals surface area contributed by atoms with Gasteiger partial charge in [0, 0.05) is 13.1 Å². The zero-order valence-corrected chi connectivity index (χ0v) is 15.3.